The van der Waals surface area contributed by atoms with Crippen molar-refractivity contribution in [3.05, 3.63) is 53.5 Å². The molecule has 0 saturated carbocycles. The molecule has 0 spiro atoms. The van der Waals surface area contributed by atoms with Gasteiger partial charge in [-0.05, 0) is 36.8 Å². The summed E-state index contributed by atoms with van der Waals surface area (Å²) in [6.45, 7) is 12.9. The van der Waals surface area contributed by atoms with Gasteiger partial charge in [0, 0.05) is 35.8 Å². The van der Waals surface area contributed by atoms with Crippen molar-refractivity contribution in [3.8, 4) is 0 Å². The van der Waals surface area contributed by atoms with Crippen LogP contribution in [0.25, 0.3) is 21.9 Å². The molecule has 2 atom stereocenters. The highest BCUT2D eigenvalue weighted by Gasteiger charge is 2.21. The number of aromatic nitrogens is 7. The summed E-state index contributed by atoms with van der Waals surface area (Å²) in [6, 6.07) is 4.07. The Morgan fingerprint density at radius 1 is 0.562 bits per heavy atom. The van der Waals surface area contributed by atoms with E-state index in [-0.39, 0.29) is 17.8 Å². The van der Waals surface area contributed by atoms with Crippen LogP contribution < -0.4 is 0 Å². The van der Waals surface area contributed by atoms with Crippen molar-refractivity contribution in [1.29, 1.82) is 0 Å². The zero-order valence-corrected chi connectivity index (χ0v) is 19.7. The third-order valence-corrected chi connectivity index (χ3v) is 6.10. The van der Waals surface area contributed by atoms with Gasteiger partial charge in [0.25, 0.3) is 0 Å². The highest BCUT2D eigenvalue weighted by Crippen LogP contribution is 2.33. The first-order valence-electron chi connectivity index (χ1n) is 11.5. The molecule has 166 valence electrons. The minimum atomic E-state index is 0.201. The average Bonchev–Trinajstić information content (AvgIpc) is 2.80. The highest BCUT2D eigenvalue weighted by atomic mass is 15.1. The zero-order chi connectivity index (χ0) is 22.8. The van der Waals surface area contributed by atoms with Gasteiger partial charge in [0.2, 0.25) is 0 Å². The lowest BCUT2D eigenvalue weighted by Crippen LogP contribution is -2.09. The molecular weight excluding hydrogens is 398 g/mol. The van der Waals surface area contributed by atoms with Crippen LogP contribution in [0.15, 0.2) is 30.7 Å². The number of hydrogen-bond donors (Lipinski definition) is 0. The van der Waals surface area contributed by atoms with Crippen LogP contribution in [0.5, 0.6) is 0 Å². The predicted octanol–water partition coefficient (Wildman–Crippen LogP) is 5.69. The summed E-state index contributed by atoms with van der Waals surface area (Å²) < 4.78 is 0. The van der Waals surface area contributed by atoms with Crippen molar-refractivity contribution in [2.45, 2.75) is 78.1 Å². The second kappa shape index (κ2) is 9.18. The summed E-state index contributed by atoms with van der Waals surface area (Å²) in [5.41, 5.74) is 6.46. The van der Waals surface area contributed by atoms with Gasteiger partial charge in [-0.2, -0.15) is 20.4 Å². The molecule has 0 saturated heterocycles. The second-order valence-corrected chi connectivity index (χ2v) is 9.28. The first kappa shape index (κ1) is 22.1. The van der Waals surface area contributed by atoms with Crippen molar-refractivity contribution >= 4 is 21.9 Å². The quantitative estimate of drug-likeness (QED) is 0.372. The topological polar surface area (TPSA) is 90.2 Å². The Morgan fingerprint density at radius 3 is 1.62 bits per heavy atom. The summed E-state index contributed by atoms with van der Waals surface area (Å²) in [5.74, 6) is 0.982. The molecule has 0 N–H and O–H groups in total. The van der Waals surface area contributed by atoms with E-state index in [1.54, 1.807) is 12.4 Å². The Labute approximate surface area is 189 Å². The van der Waals surface area contributed by atoms with E-state index in [9.17, 15) is 0 Å². The van der Waals surface area contributed by atoms with Gasteiger partial charge in [-0.15, -0.1) is 0 Å². The van der Waals surface area contributed by atoms with Crippen LogP contribution in [0.4, 0.5) is 0 Å². The average molecular weight is 430 g/mol. The Kier molecular flexibility index (Phi) is 6.35. The molecule has 0 bridgehead atoms. The Balaban J connectivity index is 1.59. The van der Waals surface area contributed by atoms with Crippen LogP contribution in [0.1, 0.15) is 101 Å². The van der Waals surface area contributed by atoms with E-state index in [0.717, 1.165) is 57.6 Å². The van der Waals surface area contributed by atoms with E-state index in [4.69, 9.17) is 0 Å². The van der Waals surface area contributed by atoms with Crippen molar-refractivity contribution in [2.75, 3.05) is 0 Å². The molecule has 4 rings (SSSR count). The van der Waals surface area contributed by atoms with Crippen molar-refractivity contribution in [3.63, 3.8) is 0 Å². The van der Waals surface area contributed by atoms with Crippen LogP contribution in [0.2, 0.25) is 0 Å². The van der Waals surface area contributed by atoms with E-state index in [1.165, 1.54) is 0 Å². The van der Waals surface area contributed by atoms with Crippen LogP contribution in [0.3, 0.4) is 0 Å². The molecule has 0 aliphatic heterocycles. The van der Waals surface area contributed by atoms with E-state index in [1.807, 2.05) is 12.3 Å². The van der Waals surface area contributed by atoms with Gasteiger partial charge in [-0.25, -0.2) is 0 Å². The van der Waals surface area contributed by atoms with E-state index in [2.05, 4.69) is 83.0 Å². The van der Waals surface area contributed by atoms with Gasteiger partial charge in [0.15, 0.2) is 0 Å². The van der Waals surface area contributed by atoms with Crippen LogP contribution >= 0.6 is 0 Å². The lowest BCUT2D eigenvalue weighted by atomic mass is 9.91. The van der Waals surface area contributed by atoms with E-state index < -0.39 is 0 Å². The lowest BCUT2D eigenvalue weighted by Gasteiger charge is -2.18. The first-order chi connectivity index (χ1) is 15.4. The van der Waals surface area contributed by atoms with Gasteiger partial charge in [0.05, 0.1) is 28.3 Å². The van der Waals surface area contributed by atoms with Crippen LogP contribution in [-0.2, 0) is 0 Å². The van der Waals surface area contributed by atoms with Gasteiger partial charge < -0.3 is 0 Å². The monoisotopic (exact) mass is 429 g/mol. The van der Waals surface area contributed by atoms with Crippen LogP contribution in [0, 0.1) is 0 Å². The highest BCUT2D eigenvalue weighted by molar-refractivity contribution is 5.83. The molecule has 7 heteroatoms. The van der Waals surface area contributed by atoms with Gasteiger partial charge >= 0.3 is 0 Å². The second-order valence-electron chi connectivity index (χ2n) is 9.28. The van der Waals surface area contributed by atoms with Crippen molar-refractivity contribution in [1.82, 2.24) is 35.3 Å². The molecule has 0 amide bonds. The smallest absolute Gasteiger partial charge is 0.114 e. The molecule has 2 unspecified atom stereocenters. The fraction of sp³-hybridized carbons (Fsp3) is 0.480. The maximum atomic E-state index is 4.65. The first-order valence-corrected chi connectivity index (χ1v) is 11.5. The SMILES string of the molecule is CC(C)c1nnc(C(C)CCC(C)c2nnc(C(C)C)c3nccnc23)c2ncccc12. The molecule has 7 nitrogen and oxygen atoms in total. The van der Waals surface area contributed by atoms with Gasteiger partial charge in [0.1, 0.15) is 11.0 Å². The summed E-state index contributed by atoms with van der Waals surface area (Å²) in [5, 5.41) is 19.3. The lowest BCUT2D eigenvalue weighted by molar-refractivity contribution is 0.551. The summed E-state index contributed by atoms with van der Waals surface area (Å²) in [7, 11) is 0. The Morgan fingerprint density at radius 2 is 1.03 bits per heavy atom. The number of nitrogens with zero attached hydrogens (tertiary/aromatic N) is 7. The zero-order valence-electron chi connectivity index (χ0n) is 19.7. The normalized spacial score (nSPS) is 13.9. The fourth-order valence-corrected chi connectivity index (χ4v) is 4.19. The molecule has 0 aliphatic rings. The molecule has 0 fully saturated rings. The third kappa shape index (κ3) is 4.16. The molecule has 4 aromatic rings. The van der Waals surface area contributed by atoms with E-state index in [0.29, 0.717) is 5.92 Å². The number of pyridine rings is 1. The summed E-state index contributed by atoms with van der Waals surface area (Å²) in [6.07, 6.45) is 7.17. The fourth-order valence-electron chi connectivity index (χ4n) is 4.19. The maximum absolute atomic E-state index is 4.65. The Bertz CT molecular complexity index is 1140. The van der Waals surface area contributed by atoms with Gasteiger partial charge in [-0.3, -0.25) is 15.0 Å². The summed E-state index contributed by atoms with van der Waals surface area (Å²) in [4.78, 5) is 13.8. The number of fused-ring (bicyclic) bond motifs is 2. The molecule has 0 radical (unpaired) electrons. The van der Waals surface area contributed by atoms with Gasteiger partial charge in [-0.1, -0.05) is 41.5 Å². The minimum absolute atomic E-state index is 0.201. The molecule has 0 aliphatic carbocycles. The molecular formula is C25H31N7. The molecule has 4 aromatic heterocycles. The number of rotatable bonds is 7. The van der Waals surface area contributed by atoms with Crippen molar-refractivity contribution < 1.29 is 0 Å². The largest absolute Gasteiger partial charge is 0.254 e. The van der Waals surface area contributed by atoms with Crippen molar-refractivity contribution in [2.24, 2.45) is 0 Å². The standard InChI is InChI=1S/C25H31N7/c1-14(2)19-18-8-7-11-26-23(18)21(31-29-19)16(5)9-10-17(6)22-25-24(27-12-13-28-25)20(15(3)4)30-32-22/h7-8,11-17H,9-10H2,1-6H3. The maximum Gasteiger partial charge on any atom is 0.114 e. The van der Waals surface area contributed by atoms with Crippen LogP contribution in [-0.4, -0.2) is 35.3 Å². The number of hydrogen-bond acceptors (Lipinski definition) is 7. The molecule has 4 heterocycles. The molecule has 0 aromatic carbocycles. The molecule has 32 heavy (non-hydrogen) atoms. The predicted molar refractivity (Wildman–Crippen MR) is 127 cm³/mol. The Hall–Kier alpha value is -3.09. The third-order valence-electron chi connectivity index (χ3n) is 6.10. The summed E-state index contributed by atoms with van der Waals surface area (Å²) >= 11 is 0. The minimum Gasteiger partial charge on any atom is -0.254 e. The van der Waals surface area contributed by atoms with E-state index >= 15 is 0 Å².